The van der Waals surface area contributed by atoms with Gasteiger partial charge in [0.05, 0.1) is 6.04 Å². The van der Waals surface area contributed by atoms with Gasteiger partial charge in [0.2, 0.25) is 5.91 Å². The van der Waals surface area contributed by atoms with Gasteiger partial charge in [0.1, 0.15) is 0 Å². The van der Waals surface area contributed by atoms with E-state index < -0.39 is 6.04 Å². The lowest BCUT2D eigenvalue weighted by molar-refractivity contribution is -0.132. The van der Waals surface area contributed by atoms with Gasteiger partial charge in [-0.1, -0.05) is 41.4 Å². The molecule has 0 spiro atoms. The van der Waals surface area contributed by atoms with E-state index in [4.69, 9.17) is 28.9 Å². The normalized spacial score (nSPS) is 16.5. The molecule has 4 rings (SSSR count). The minimum Gasteiger partial charge on any atom is -0.337 e. The Balaban J connectivity index is 0.00000210. The molecule has 0 bridgehead atoms. The maximum Gasteiger partial charge on any atom is 0.240 e. The summed E-state index contributed by atoms with van der Waals surface area (Å²) < 4.78 is 0. The summed E-state index contributed by atoms with van der Waals surface area (Å²) in [5, 5.41) is 1.45. The predicted octanol–water partition coefficient (Wildman–Crippen LogP) is 4.53. The Labute approximate surface area is 175 Å². The van der Waals surface area contributed by atoms with Crippen molar-refractivity contribution in [2.24, 2.45) is 5.73 Å². The first-order valence-electron chi connectivity index (χ1n) is 8.80. The van der Waals surface area contributed by atoms with Gasteiger partial charge < -0.3 is 10.6 Å². The zero-order chi connectivity index (χ0) is 18.3. The zero-order valence-corrected chi connectivity index (χ0v) is 17.1. The quantitative estimate of drug-likeness (QED) is 0.788. The van der Waals surface area contributed by atoms with Crippen LogP contribution in [0.25, 0.3) is 5.57 Å². The molecule has 1 aliphatic carbocycles. The van der Waals surface area contributed by atoms with Gasteiger partial charge in [-0.3, -0.25) is 4.79 Å². The smallest absolute Gasteiger partial charge is 0.240 e. The lowest BCUT2D eigenvalue weighted by Gasteiger charge is -2.31. The Morgan fingerprint density at radius 3 is 2.56 bits per heavy atom. The van der Waals surface area contributed by atoms with Gasteiger partial charge in [0.15, 0.2) is 0 Å². The Kier molecular flexibility index (Phi) is 6.17. The summed E-state index contributed by atoms with van der Waals surface area (Å²) in [6, 6.07) is 13.0. The third-order valence-corrected chi connectivity index (χ3v) is 5.73. The van der Waals surface area contributed by atoms with Crippen LogP contribution in [-0.2, 0) is 17.6 Å². The molecule has 0 saturated carbocycles. The lowest BCUT2D eigenvalue weighted by Crippen LogP contribution is -2.47. The molecule has 0 radical (unpaired) electrons. The third-order valence-electron chi connectivity index (χ3n) is 5.24. The van der Waals surface area contributed by atoms with Crippen molar-refractivity contribution in [1.82, 2.24) is 4.90 Å². The van der Waals surface area contributed by atoms with E-state index in [9.17, 15) is 4.79 Å². The molecule has 142 valence electrons. The fraction of sp³-hybridized carbons (Fsp3) is 0.286. The number of nitrogens with two attached hydrogens (primary N) is 1. The molecule has 1 atom stereocenters. The molecule has 2 N–H and O–H groups in total. The van der Waals surface area contributed by atoms with Crippen LogP contribution in [0.1, 0.15) is 23.1 Å². The highest BCUT2D eigenvalue weighted by molar-refractivity contribution is 6.31. The van der Waals surface area contributed by atoms with Gasteiger partial charge >= 0.3 is 0 Å². The second-order valence-electron chi connectivity index (χ2n) is 7.01. The van der Waals surface area contributed by atoms with E-state index >= 15 is 0 Å². The first-order chi connectivity index (χ1) is 12.5. The Morgan fingerprint density at radius 2 is 1.81 bits per heavy atom. The summed E-state index contributed by atoms with van der Waals surface area (Å²) in [6.45, 7) is 1.37. The van der Waals surface area contributed by atoms with Crippen LogP contribution >= 0.6 is 35.6 Å². The Hall–Kier alpha value is -1.52. The van der Waals surface area contributed by atoms with Crippen LogP contribution < -0.4 is 5.73 Å². The van der Waals surface area contributed by atoms with Crippen molar-refractivity contribution in [3.05, 3.63) is 74.8 Å². The monoisotopic (exact) mass is 422 g/mol. The van der Waals surface area contributed by atoms with Gasteiger partial charge in [-0.15, -0.1) is 12.4 Å². The van der Waals surface area contributed by atoms with Crippen molar-refractivity contribution in [2.75, 3.05) is 13.1 Å². The molecule has 3 nitrogen and oxygen atoms in total. The average Bonchev–Trinajstić information content (AvgIpc) is 3.00. The van der Waals surface area contributed by atoms with Crippen molar-refractivity contribution < 1.29 is 4.79 Å². The molecule has 2 aromatic carbocycles. The van der Waals surface area contributed by atoms with Crippen molar-refractivity contribution in [2.45, 2.75) is 25.3 Å². The number of carbonyl (C=O) groups is 1. The van der Waals surface area contributed by atoms with Crippen LogP contribution in [0, 0.1) is 0 Å². The maximum atomic E-state index is 12.8. The molecule has 6 heteroatoms. The molecule has 0 fully saturated rings. The number of nitrogens with zero attached hydrogens (tertiary/aromatic N) is 1. The number of fused-ring (bicyclic) bond motifs is 2. The average molecular weight is 424 g/mol. The summed E-state index contributed by atoms with van der Waals surface area (Å²) in [6.07, 6.45) is 2.29. The van der Waals surface area contributed by atoms with E-state index in [0.29, 0.717) is 24.5 Å². The van der Waals surface area contributed by atoms with Crippen LogP contribution in [0.3, 0.4) is 0 Å². The summed E-state index contributed by atoms with van der Waals surface area (Å²) >= 11 is 12.1. The molecular weight excluding hydrogens is 403 g/mol. The Bertz CT molecular complexity index is 893. The zero-order valence-electron chi connectivity index (χ0n) is 14.8. The first-order valence-corrected chi connectivity index (χ1v) is 9.55. The molecule has 2 aliphatic rings. The predicted molar refractivity (Wildman–Crippen MR) is 114 cm³/mol. The number of hydrogen-bond acceptors (Lipinski definition) is 2. The highest BCUT2D eigenvalue weighted by atomic mass is 35.5. The molecule has 1 amide bonds. The van der Waals surface area contributed by atoms with Crippen LogP contribution in [0.2, 0.25) is 10.0 Å². The molecule has 0 aromatic heterocycles. The van der Waals surface area contributed by atoms with E-state index in [2.05, 4.69) is 6.07 Å². The van der Waals surface area contributed by atoms with E-state index in [1.165, 1.54) is 22.3 Å². The minimum atomic E-state index is -0.531. The molecule has 1 aliphatic heterocycles. The molecular formula is C21H21Cl3N2O. The summed E-state index contributed by atoms with van der Waals surface area (Å²) in [7, 11) is 0. The largest absolute Gasteiger partial charge is 0.337 e. The number of halogens is 3. The Morgan fingerprint density at radius 1 is 1.11 bits per heavy atom. The van der Waals surface area contributed by atoms with Crippen molar-refractivity contribution >= 4 is 47.1 Å². The van der Waals surface area contributed by atoms with E-state index in [1.807, 2.05) is 41.3 Å². The summed E-state index contributed by atoms with van der Waals surface area (Å²) in [5.41, 5.74) is 12.5. The number of rotatable bonds is 3. The fourth-order valence-electron chi connectivity index (χ4n) is 3.91. The van der Waals surface area contributed by atoms with Crippen LogP contribution in [0.4, 0.5) is 0 Å². The van der Waals surface area contributed by atoms with Gasteiger partial charge in [0, 0.05) is 23.1 Å². The van der Waals surface area contributed by atoms with Crippen LogP contribution in [0.15, 0.2) is 48.0 Å². The van der Waals surface area contributed by atoms with Crippen molar-refractivity contribution in [3.8, 4) is 0 Å². The topological polar surface area (TPSA) is 46.3 Å². The lowest BCUT2D eigenvalue weighted by atomic mass is 9.98. The standard InChI is InChI=1S/C21H20Cl2N2O.ClH/c22-16-4-1-13(2-5-16)9-20(24)21(26)25-8-7-18-15(12-25)10-14-3-6-17(23)11-19(14)18;/h1-6,11,20H,7-10,12,24H2;1H. The van der Waals surface area contributed by atoms with Gasteiger partial charge in [0.25, 0.3) is 0 Å². The second-order valence-corrected chi connectivity index (χ2v) is 7.88. The van der Waals surface area contributed by atoms with E-state index in [-0.39, 0.29) is 18.3 Å². The maximum absolute atomic E-state index is 12.8. The highest BCUT2D eigenvalue weighted by Crippen LogP contribution is 2.39. The number of benzene rings is 2. The number of carbonyl (C=O) groups excluding carboxylic acids is 1. The molecule has 0 saturated heterocycles. The molecule has 1 unspecified atom stereocenters. The van der Waals surface area contributed by atoms with Crippen molar-refractivity contribution in [3.63, 3.8) is 0 Å². The summed E-state index contributed by atoms with van der Waals surface area (Å²) in [4.78, 5) is 14.7. The molecule has 27 heavy (non-hydrogen) atoms. The number of hydrogen-bond donors (Lipinski definition) is 1. The third kappa shape index (κ3) is 4.17. The summed E-state index contributed by atoms with van der Waals surface area (Å²) in [5.74, 6) is 0.0143. The van der Waals surface area contributed by atoms with Crippen molar-refractivity contribution in [1.29, 1.82) is 0 Å². The van der Waals surface area contributed by atoms with E-state index in [0.717, 1.165) is 23.4 Å². The van der Waals surface area contributed by atoms with Gasteiger partial charge in [-0.05, 0) is 71.4 Å². The second kappa shape index (κ2) is 8.24. The number of amides is 1. The SMILES string of the molecule is Cl.NC(Cc1ccc(Cl)cc1)C(=O)N1CCC2=C(Cc3ccc(Cl)cc32)C1. The van der Waals surface area contributed by atoms with Gasteiger partial charge in [-0.25, -0.2) is 0 Å². The highest BCUT2D eigenvalue weighted by Gasteiger charge is 2.30. The van der Waals surface area contributed by atoms with Crippen LogP contribution in [-0.4, -0.2) is 29.9 Å². The minimum absolute atomic E-state index is 0. The molecule has 1 heterocycles. The van der Waals surface area contributed by atoms with Crippen LogP contribution in [0.5, 0.6) is 0 Å². The van der Waals surface area contributed by atoms with E-state index in [1.54, 1.807) is 0 Å². The fourth-order valence-corrected chi connectivity index (χ4v) is 4.21. The molecule has 2 aromatic rings. The van der Waals surface area contributed by atoms with Gasteiger partial charge in [-0.2, -0.15) is 0 Å². The first kappa shape index (κ1) is 20.2.